The van der Waals surface area contributed by atoms with Crippen molar-refractivity contribution in [3.63, 3.8) is 0 Å². The van der Waals surface area contributed by atoms with Crippen molar-refractivity contribution in [2.45, 2.75) is 64.6 Å². The lowest BCUT2D eigenvalue weighted by molar-refractivity contribution is 0.165. The summed E-state index contributed by atoms with van der Waals surface area (Å²) in [5.41, 5.74) is 0. The van der Waals surface area contributed by atoms with Crippen LogP contribution in [0.1, 0.15) is 46.5 Å². The first-order valence-corrected chi connectivity index (χ1v) is 9.50. The third kappa shape index (κ3) is 5.19. The van der Waals surface area contributed by atoms with Crippen molar-refractivity contribution in [1.29, 1.82) is 0 Å². The largest absolute Gasteiger partial charge is 0.315 e. The molecule has 2 saturated heterocycles. The summed E-state index contributed by atoms with van der Waals surface area (Å²) in [5.74, 6) is 0. The summed E-state index contributed by atoms with van der Waals surface area (Å²) in [5, 5.41) is 3.55. The molecular formula is C18H38N4. The van der Waals surface area contributed by atoms with Crippen LogP contribution in [0.4, 0.5) is 0 Å². The van der Waals surface area contributed by atoms with Gasteiger partial charge in [-0.3, -0.25) is 9.80 Å². The van der Waals surface area contributed by atoms with E-state index in [1.807, 2.05) is 0 Å². The number of hydrogen-bond donors (Lipinski definition) is 1. The Balaban J connectivity index is 1.79. The maximum atomic E-state index is 3.55. The highest BCUT2D eigenvalue weighted by molar-refractivity contribution is 4.81. The second-order valence-corrected chi connectivity index (χ2v) is 7.40. The first-order valence-electron chi connectivity index (χ1n) is 9.50. The van der Waals surface area contributed by atoms with Gasteiger partial charge in [-0.15, -0.1) is 0 Å². The Bertz CT molecular complexity index is 297. The van der Waals surface area contributed by atoms with Crippen molar-refractivity contribution in [2.24, 2.45) is 0 Å². The summed E-state index contributed by atoms with van der Waals surface area (Å²) in [4.78, 5) is 7.93. The van der Waals surface area contributed by atoms with Crippen LogP contribution < -0.4 is 5.32 Å². The number of nitrogens with zero attached hydrogens (tertiary/aromatic N) is 3. The highest BCUT2D eigenvalue weighted by atomic mass is 15.2. The molecule has 0 aromatic rings. The van der Waals surface area contributed by atoms with Gasteiger partial charge in [-0.1, -0.05) is 6.92 Å². The molecule has 4 heteroatoms. The van der Waals surface area contributed by atoms with E-state index in [1.165, 1.54) is 65.0 Å². The summed E-state index contributed by atoms with van der Waals surface area (Å²) >= 11 is 0. The third-order valence-corrected chi connectivity index (χ3v) is 6.02. The van der Waals surface area contributed by atoms with Gasteiger partial charge in [-0.05, 0) is 66.2 Å². The van der Waals surface area contributed by atoms with Crippen LogP contribution in [-0.4, -0.2) is 85.7 Å². The van der Waals surface area contributed by atoms with E-state index in [0.717, 1.165) is 24.7 Å². The summed E-state index contributed by atoms with van der Waals surface area (Å²) in [6, 6.07) is 2.25. The Labute approximate surface area is 138 Å². The topological polar surface area (TPSA) is 21.8 Å². The Morgan fingerprint density at radius 3 is 2.68 bits per heavy atom. The quantitative estimate of drug-likeness (QED) is 0.837. The normalized spacial score (nSPS) is 31.6. The Kier molecular flexibility index (Phi) is 7.61. The predicted octanol–water partition coefficient (Wildman–Crippen LogP) is 1.86. The Morgan fingerprint density at radius 2 is 1.91 bits per heavy atom. The van der Waals surface area contributed by atoms with Gasteiger partial charge in [0, 0.05) is 44.3 Å². The monoisotopic (exact) mass is 310 g/mol. The summed E-state index contributed by atoms with van der Waals surface area (Å²) in [6.07, 6.45) is 5.34. The van der Waals surface area contributed by atoms with Gasteiger partial charge in [0.15, 0.2) is 0 Å². The van der Waals surface area contributed by atoms with Crippen molar-refractivity contribution in [3.05, 3.63) is 0 Å². The molecule has 22 heavy (non-hydrogen) atoms. The standard InChI is InChI=1S/C18H38N4/c1-5-21-13-11-19-10-8-18(21)7-6-17(3)22-12-9-16(2)20(4)14-15-22/h16-19H,5-15H2,1-4H3/t16-,17?,18-/m0/s1. The molecule has 0 aliphatic carbocycles. The molecule has 2 aliphatic rings. The van der Waals surface area contributed by atoms with E-state index in [0.29, 0.717) is 0 Å². The van der Waals surface area contributed by atoms with Crippen molar-refractivity contribution < 1.29 is 0 Å². The van der Waals surface area contributed by atoms with E-state index in [4.69, 9.17) is 0 Å². The van der Waals surface area contributed by atoms with Gasteiger partial charge < -0.3 is 10.2 Å². The maximum Gasteiger partial charge on any atom is 0.0112 e. The SMILES string of the molecule is CCN1CCNCC[C@@H]1CCC(C)N1CC[C@H](C)N(C)CC1. The predicted molar refractivity (Wildman–Crippen MR) is 95.5 cm³/mol. The summed E-state index contributed by atoms with van der Waals surface area (Å²) in [7, 11) is 2.27. The minimum atomic E-state index is 0.730. The van der Waals surface area contributed by atoms with Gasteiger partial charge in [0.05, 0.1) is 0 Å². The third-order valence-electron chi connectivity index (χ3n) is 6.02. The van der Waals surface area contributed by atoms with E-state index >= 15 is 0 Å². The minimum Gasteiger partial charge on any atom is -0.315 e. The molecule has 0 spiro atoms. The number of nitrogens with one attached hydrogen (secondary N) is 1. The molecule has 0 bridgehead atoms. The first kappa shape index (κ1) is 18.2. The van der Waals surface area contributed by atoms with E-state index < -0.39 is 0 Å². The lowest BCUT2D eigenvalue weighted by Crippen LogP contribution is -2.39. The molecule has 4 nitrogen and oxygen atoms in total. The average molecular weight is 311 g/mol. The molecule has 0 aromatic heterocycles. The molecule has 2 fully saturated rings. The molecule has 2 heterocycles. The molecule has 2 rings (SSSR count). The minimum absolute atomic E-state index is 0.730. The maximum absolute atomic E-state index is 3.55. The smallest absolute Gasteiger partial charge is 0.0112 e. The Morgan fingerprint density at radius 1 is 1.09 bits per heavy atom. The molecular weight excluding hydrogens is 272 g/mol. The highest BCUT2D eigenvalue weighted by Crippen LogP contribution is 2.18. The van der Waals surface area contributed by atoms with Crippen molar-refractivity contribution >= 4 is 0 Å². The Hall–Kier alpha value is -0.160. The second-order valence-electron chi connectivity index (χ2n) is 7.40. The van der Waals surface area contributed by atoms with E-state index in [1.54, 1.807) is 0 Å². The summed E-state index contributed by atoms with van der Waals surface area (Å²) < 4.78 is 0. The summed E-state index contributed by atoms with van der Waals surface area (Å²) in [6.45, 7) is 15.6. The van der Waals surface area contributed by atoms with Crippen molar-refractivity contribution in [2.75, 3.05) is 52.9 Å². The van der Waals surface area contributed by atoms with Gasteiger partial charge in [0.25, 0.3) is 0 Å². The van der Waals surface area contributed by atoms with Gasteiger partial charge >= 0.3 is 0 Å². The van der Waals surface area contributed by atoms with Crippen LogP contribution in [0.2, 0.25) is 0 Å². The molecule has 0 aromatic carbocycles. The lowest BCUT2D eigenvalue weighted by atomic mass is 10.0. The molecule has 3 atom stereocenters. The van der Waals surface area contributed by atoms with Crippen molar-refractivity contribution in [3.8, 4) is 0 Å². The molecule has 2 aliphatic heterocycles. The van der Waals surface area contributed by atoms with Crippen LogP contribution in [-0.2, 0) is 0 Å². The number of likely N-dealkylation sites (N-methyl/N-ethyl adjacent to an activating group) is 2. The fourth-order valence-electron chi connectivity index (χ4n) is 3.97. The fraction of sp³-hybridized carbons (Fsp3) is 1.00. The lowest BCUT2D eigenvalue weighted by Gasteiger charge is -2.32. The molecule has 0 radical (unpaired) electrons. The number of hydrogen-bond acceptors (Lipinski definition) is 4. The first-order chi connectivity index (χ1) is 10.6. The van der Waals surface area contributed by atoms with Gasteiger partial charge in [0.1, 0.15) is 0 Å². The zero-order valence-electron chi connectivity index (χ0n) is 15.4. The highest BCUT2D eigenvalue weighted by Gasteiger charge is 2.24. The van der Waals surface area contributed by atoms with E-state index in [2.05, 4.69) is 47.8 Å². The zero-order valence-corrected chi connectivity index (χ0v) is 15.4. The zero-order chi connectivity index (χ0) is 15.9. The molecule has 0 amide bonds. The van der Waals surface area contributed by atoms with Crippen LogP contribution in [0.5, 0.6) is 0 Å². The molecule has 0 saturated carbocycles. The van der Waals surface area contributed by atoms with Crippen LogP contribution >= 0.6 is 0 Å². The van der Waals surface area contributed by atoms with Gasteiger partial charge in [-0.2, -0.15) is 0 Å². The second kappa shape index (κ2) is 9.21. The fourth-order valence-corrected chi connectivity index (χ4v) is 3.97. The van der Waals surface area contributed by atoms with Gasteiger partial charge in [0.2, 0.25) is 0 Å². The van der Waals surface area contributed by atoms with Crippen LogP contribution in [0.15, 0.2) is 0 Å². The molecule has 130 valence electrons. The molecule has 1 N–H and O–H groups in total. The van der Waals surface area contributed by atoms with Crippen LogP contribution in [0, 0.1) is 0 Å². The number of rotatable bonds is 5. The average Bonchev–Trinajstić information content (AvgIpc) is 2.84. The van der Waals surface area contributed by atoms with Crippen LogP contribution in [0.25, 0.3) is 0 Å². The van der Waals surface area contributed by atoms with E-state index in [9.17, 15) is 0 Å². The molecule has 1 unspecified atom stereocenters. The van der Waals surface area contributed by atoms with Crippen molar-refractivity contribution in [1.82, 2.24) is 20.0 Å². The van der Waals surface area contributed by atoms with E-state index in [-0.39, 0.29) is 0 Å². The van der Waals surface area contributed by atoms with Crippen LogP contribution in [0.3, 0.4) is 0 Å². The van der Waals surface area contributed by atoms with Gasteiger partial charge in [-0.25, -0.2) is 0 Å².